The number of hydrogen-bond acceptors (Lipinski definition) is 5. The average molecular weight is 518 g/mol. The summed E-state index contributed by atoms with van der Waals surface area (Å²) < 4.78 is 12.7. The Labute approximate surface area is 221 Å². The van der Waals surface area contributed by atoms with Gasteiger partial charge in [0.15, 0.2) is 0 Å². The zero-order valence-corrected chi connectivity index (χ0v) is 22.3. The summed E-state index contributed by atoms with van der Waals surface area (Å²) in [5.41, 5.74) is 4.58. The molecule has 3 aromatic carbocycles. The second-order valence-corrected chi connectivity index (χ2v) is 9.68. The van der Waals surface area contributed by atoms with E-state index in [1.807, 2.05) is 62.5 Å². The normalized spacial score (nSPS) is 10.8. The Morgan fingerprint density at radius 2 is 1.76 bits per heavy atom. The molecule has 0 fully saturated rings. The molecule has 2 amide bonds. The predicted molar refractivity (Wildman–Crippen MR) is 149 cm³/mol. The van der Waals surface area contributed by atoms with Gasteiger partial charge >= 0.3 is 0 Å². The second-order valence-electron chi connectivity index (χ2n) is 8.66. The van der Waals surface area contributed by atoms with Crippen molar-refractivity contribution in [3.8, 4) is 11.5 Å². The number of fused-ring (bicyclic) bond motifs is 1. The van der Waals surface area contributed by atoms with Crippen LogP contribution in [-0.4, -0.2) is 42.9 Å². The van der Waals surface area contributed by atoms with Crippen LogP contribution in [0.3, 0.4) is 0 Å². The number of benzene rings is 3. The number of para-hydroxylation sites is 1. The van der Waals surface area contributed by atoms with Crippen molar-refractivity contribution < 1.29 is 19.1 Å². The van der Waals surface area contributed by atoms with Gasteiger partial charge < -0.3 is 24.7 Å². The Morgan fingerprint density at radius 3 is 2.51 bits per heavy atom. The third kappa shape index (κ3) is 6.27. The smallest absolute Gasteiger partial charge is 0.251 e. The van der Waals surface area contributed by atoms with E-state index in [1.165, 1.54) is 11.8 Å². The molecule has 7 nitrogen and oxygen atoms in total. The molecule has 0 aliphatic heterocycles. The zero-order chi connectivity index (χ0) is 26.4. The number of nitrogens with one attached hydrogen (secondary N) is 2. The number of aromatic nitrogens is 1. The van der Waals surface area contributed by atoms with Gasteiger partial charge in [-0.05, 0) is 55.3 Å². The molecule has 0 spiro atoms. The molecular formula is C29H31N3O4S. The van der Waals surface area contributed by atoms with Crippen LogP contribution in [0.25, 0.3) is 10.9 Å². The fourth-order valence-electron chi connectivity index (χ4n) is 4.02. The number of aryl methyl sites for hydroxylation is 2. The maximum absolute atomic E-state index is 12.7. The van der Waals surface area contributed by atoms with Crippen molar-refractivity contribution >= 4 is 40.2 Å². The number of carbonyl (C=O) groups is 2. The van der Waals surface area contributed by atoms with E-state index in [9.17, 15) is 9.59 Å². The van der Waals surface area contributed by atoms with Crippen molar-refractivity contribution in [2.45, 2.75) is 25.3 Å². The van der Waals surface area contributed by atoms with Crippen LogP contribution in [0.15, 0.2) is 71.8 Å². The van der Waals surface area contributed by atoms with Crippen molar-refractivity contribution in [1.82, 2.24) is 9.88 Å². The fourth-order valence-corrected chi connectivity index (χ4v) is 4.91. The molecule has 0 aliphatic rings. The number of carbonyl (C=O) groups excluding carboxylic acids is 2. The number of anilines is 1. The summed E-state index contributed by atoms with van der Waals surface area (Å²) in [5, 5.41) is 7.00. The van der Waals surface area contributed by atoms with E-state index in [2.05, 4.69) is 15.2 Å². The molecule has 0 atom stereocenters. The molecule has 0 bridgehead atoms. The first kappa shape index (κ1) is 26.2. The van der Waals surface area contributed by atoms with Crippen molar-refractivity contribution in [1.29, 1.82) is 0 Å². The first-order valence-corrected chi connectivity index (χ1v) is 13.0. The van der Waals surface area contributed by atoms with E-state index in [4.69, 9.17) is 9.47 Å². The van der Waals surface area contributed by atoms with Gasteiger partial charge in [-0.3, -0.25) is 9.59 Å². The minimum absolute atomic E-state index is 0.0835. The van der Waals surface area contributed by atoms with E-state index in [-0.39, 0.29) is 17.6 Å². The highest BCUT2D eigenvalue weighted by Crippen LogP contribution is 2.32. The lowest BCUT2D eigenvalue weighted by molar-refractivity contribution is -0.113. The van der Waals surface area contributed by atoms with Crippen LogP contribution in [0.5, 0.6) is 11.5 Å². The molecule has 4 rings (SSSR count). The number of amides is 2. The average Bonchev–Trinajstić information content (AvgIpc) is 3.26. The number of rotatable bonds is 10. The van der Waals surface area contributed by atoms with Crippen LogP contribution >= 0.6 is 11.8 Å². The minimum atomic E-state index is -0.133. The summed E-state index contributed by atoms with van der Waals surface area (Å²) in [7, 11) is 3.14. The van der Waals surface area contributed by atoms with Crippen LogP contribution in [-0.2, 0) is 11.3 Å². The molecule has 0 unspecified atom stereocenters. The molecule has 0 aliphatic carbocycles. The van der Waals surface area contributed by atoms with Gasteiger partial charge in [0.05, 0.1) is 25.7 Å². The van der Waals surface area contributed by atoms with Crippen molar-refractivity contribution in [2.75, 3.05) is 31.8 Å². The molecular weight excluding hydrogens is 486 g/mol. The number of ether oxygens (including phenoxy) is 2. The first-order valence-electron chi connectivity index (χ1n) is 12.0. The van der Waals surface area contributed by atoms with Crippen molar-refractivity contribution in [3.05, 3.63) is 83.6 Å². The number of hydrogen-bond donors (Lipinski definition) is 2. The van der Waals surface area contributed by atoms with Gasteiger partial charge in [-0.2, -0.15) is 0 Å². The third-order valence-corrected chi connectivity index (χ3v) is 7.24. The summed E-state index contributed by atoms with van der Waals surface area (Å²) in [4.78, 5) is 26.3. The van der Waals surface area contributed by atoms with E-state index in [1.54, 1.807) is 32.4 Å². The predicted octanol–water partition coefficient (Wildman–Crippen LogP) is 5.44. The quantitative estimate of drug-likeness (QED) is 0.274. The monoisotopic (exact) mass is 517 g/mol. The zero-order valence-electron chi connectivity index (χ0n) is 21.5. The maximum atomic E-state index is 12.7. The standard InChI is InChI=1S/C29H31N3O4S/c1-19-9-10-21(15-20(19)2)29(34)30-13-14-32-17-27(23-7-5-6-8-25(23)32)37-18-28(33)31-24-12-11-22(35-3)16-26(24)36-4/h5-12,15-17H,13-14,18H2,1-4H3,(H,30,34)(H,31,33). The molecule has 8 heteroatoms. The molecule has 0 saturated heterocycles. The van der Waals surface area contributed by atoms with E-state index < -0.39 is 0 Å². The van der Waals surface area contributed by atoms with Gasteiger partial charge in [0, 0.05) is 46.7 Å². The molecule has 1 aromatic heterocycles. The van der Waals surface area contributed by atoms with Crippen LogP contribution in [0.4, 0.5) is 5.69 Å². The van der Waals surface area contributed by atoms with Crippen LogP contribution < -0.4 is 20.1 Å². The molecule has 1 heterocycles. The first-order chi connectivity index (χ1) is 17.9. The summed E-state index contributed by atoms with van der Waals surface area (Å²) in [6.07, 6.45) is 2.04. The lowest BCUT2D eigenvalue weighted by Crippen LogP contribution is -2.27. The van der Waals surface area contributed by atoms with E-state index in [0.29, 0.717) is 35.8 Å². The van der Waals surface area contributed by atoms with Crippen molar-refractivity contribution in [3.63, 3.8) is 0 Å². The lowest BCUT2D eigenvalue weighted by atomic mass is 10.1. The molecule has 0 saturated carbocycles. The molecule has 0 radical (unpaired) electrons. The highest BCUT2D eigenvalue weighted by atomic mass is 32.2. The SMILES string of the molecule is COc1ccc(NC(=O)CSc2cn(CCNC(=O)c3ccc(C)c(C)c3)c3ccccc23)c(OC)c1. The Balaban J connectivity index is 1.39. The van der Waals surface area contributed by atoms with Gasteiger partial charge in [0.1, 0.15) is 11.5 Å². The molecule has 37 heavy (non-hydrogen) atoms. The fraction of sp³-hybridized carbons (Fsp3) is 0.241. The molecule has 4 aromatic rings. The highest BCUT2D eigenvalue weighted by molar-refractivity contribution is 8.00. The lowest BCUT2D eigenvalue weighted by Gasteiger charge is -2.11. The minimum Gasteiger partial charge on any atom is -0.497 e. The van der Waals surface area contributed by atoms with Crippen LogP contribution in [0.1, 0.15) is 21.5 Å². The van der Waals surface area contributed by atoms with Gasteiger partial charge in [-0.15, -0.1) is 11.8 Å². The van der Waals surface area contributed by atoms with Gasteiger partial charge in [-0.25, -0.2) is 0 Å². The maximum Gasteiger partial charge on any atom is 0.251 e. The number of methoxy groups -OCH3 is 2. The van der Waals surface area contributed by atoms with Gasteiger partial charge in [0.2, 0.25) is 5.91 Å². The highest BCUT2D eigenvalue weighted by Gasteiger charge is 2.13. The topological polar surface area (TPSA) is 81.6 Å². The van der Waals surface area contributed by atoms with Crippen LogP contribution in [0.2, 0.25) is 0 Å². The van der Waals surface area contributed by atoms with E-state index >= 15 is 0 Å². The Hall–Kier alpha value is -3.91. The third-order valence-electron chi connectivity index (χ3n) is 6.20. The van der Waals surface area contributed by atoms with E-state index in [0.717, 1.165) is 26.9 Å². The number of nitrogens with zero attached hydrogens (tertiary/aromatic N) is 1. The van der Waals surface area contributed by atoms with Gasteiger partial charge in [0.25, 0.3) is 5.91 Å². The van der Waals surface area contributed by atoms with Gasteiger partial charge in [-0.1, -0.05) is 24.3 Å². The van der Waals surface area contributed by atoms with Crippen LogP contribution in [0, 0.1) is 13.8 Å². The Kier molecular flexibility index (Phi) is 8.40. The van der Waals surface area contributed by atoms with Crippen molar-refractivity contribution in [2.24, 2.45) is 0 Å². The summed E-state index contributed by atoms with van der Waals surface area (Å²) in [5.74, 6) is 1.22. The summed E-state index contributed by atoms with van der Waals surface area (Å²) >= 11 is 1.47. The molecule has 192 valence electrons. The summed E-state index contributed by atoms with van der Waals surface area (Å²) in [6.45, 7) is 5.15. The Bertz CT molecular complexity index is 1430. The number of thioether (sulfide) groups is 1. The Morgan fingerprint density at radius 1 is 0.946 bits per heavy atom. The molecule has 2 N–H and O–H groups in total. The second kappa shape index (κ2) is 11.9. The summed E-state index contributed by atoms with van der Waals surface area (Å²) in [6, 6.07) is 19.1. The largest absolute Gasteiger partial charge is 0.497 e.